The van der Waals surface area contributed by atoms with Crippen molar-refractivity contribution in [2.75, 3.05) is 6.54 Å². The molecule has 0 aromatic rings. The molecule has 0 heterocycles. The van der Waals surface area contributed by atoms with Crippen LogP contribution in [0.3, 0.4) is 0 Å². The zero-order valence-corrected chi connectivity index (χ0v) is 12.0. The predicted molar refractivity (Wildman–Crippen MR) is 72.7 cm³/mol. The first-order valence-electron chi connectivity index (χ1n) is 7.41. The Morgan fingerprint density at radius 3 is 2.42 bits per heavy atom. The Balaban J connectivity index is 1.96. The molecule has 1 N–H and O–H groups in total. The molecule has 4 heteroatoms. The molecule has 2 fully saturated rings. The zero-order valence-electron chi connectivity index (χ0n) is 12.0. The van der Waals surface area contributed by atoms with E-state index >= 15 is 0 Å². The van der Waals surface area contributed by atoms with Crippen molar-refractivity contribution in [3.05, 3.63) is 0 Å². The van der Waals surface area contributed by atoms with Crippen molar-refractivity contribution in [2.45, 2.75) is 64.8 Å². The smallest absolute Gasteiger partial charge is 0.323 e. The van der Waals surface area contributed by atoms with E-state index in [1.54, 1.807) is 4.90 Å². The molecule has 0 spiro atoms. The van der Waals surface area contributed by atoms with Gasteiger partial charge in [-0.05, 0) is 37.0 Å². The molecule has 108 valence electrons. The molecule has 0 aromatic heterocycles. The zero-order chi connectivity index (χ0) is 14.0. The first-order chi connectivity index (χ1) is 8.90. The number of nitrogens with zero attached hydrogens (tertiary/aromatic N) is 1. The highest BCUT2D eigenvalue weighted by Gasteiger charge is 2.38. The van der Waals surface area contributed by atoms with Crippen LogP contribution in [0.1, 0.15) is 58.8 Å². The minimum atomic E-state index is -0.900. The summed E-state index contributed by atoms with van der Waals surface area (Å²) in [4.78, 5) is 24.8. The third kappa shape index (κ3) is 3.71. The first kappa shape index (κ1) is 14.4. The predicted octanol–water partition coefficient (Wildman–Crippen LogP) is 2.67. The molecule has 0 aromatic carbocycles. The Labute approximate surface area is 115 Å². The molecule has 0 saturated heterocycles. The maximum atomic E-state index is 12.4. The number of carbonyl (C=O) groups is 2. The summed E-state index contributed by atoms with van der Waals surface area (Å²) in [5.74, 6) is -0.447. The molecule has 2 saturated carbocycles. The number of rotatable bonds is 5. The van der Waals surface area contributed by atoms with Crippen molar-refractivity contribution in [3.8, 4) is 0 Å². The Kier molecular flexibility index (Phi) is 4.16. The van der Waals surface area contributed by atoms with Gasteiger partial charge in [0.05, 0.1) is 0 Å². The third-order valence-electron chi connectivity index (χ3n) is 4.76. The Morgan fingerprint density at radius 2 is 1.89 bits per heavy atom. The van der Waals surface area contributed by atoms with E-state index < -0.39 is 5.97 Å². The number of carbonyl (C=O) groups excluding carboxylic acids is 1. The number of hydrogen-bond donors (Lipinski definition) is 1. The van der Waals surface area contributed by atoms with E-state index in [1.807, 2.05) is 0 Å². The second kappa shape index (κ2) is 5.51. The molecule has 0 bridgehead atoms. The van der Waals surface area contributed by atoms with Gasteiger partial charge < -0.3 is 10.0 Å². The molecule has 2 aliphatic rings. The molecular formula is C15H25NO3. The fourth-order valence-electron chi connectivity index (χ4n) is 3.23. The van der Waals surface area contributed by atoms with Gasteiger partial charge >= 0.3 is 5.97 Å². The maximum Gasteiger partial charge on any atom is 0.323 e. The summed E-state index contributed by atoms with van der Waals surface area (Å²) < 4.78 is 0. The van der Waals surface area contributed by atoms with Crippen LogP contribution in [-0.2, 0) is 9.59 Å². The van der Waals surface area contributed by atoms with E-state index in [-0.39, 0.29) is 23.9 Å². The Morgan fingerprint density at radius 1 is 1.21 bits per heavy atom. The first-order valence-corrected chi connectivity index (χ1v) is 7.41. The molecule has 19 heavy (non-hydrogen) atoms. The maximum absolute atomic E-state index is 12.4. The van der Waals surface area contributed by atoms with Gasteiger partial charge in [-0.3, -0.25) is 9.59 Å². The summed E-state index contributed by atoms with van der Waals surface area (Å²) in [6.45, 7) is 4.35. The number of carboxylic acid groups (broad SMARTS) is 1. The van der Waals surface area contributed by atoms with Crippen molar-refractivity contribution < 1.29 is 14.7 Å². The lowest BCUT2D eigenvalue weighted by atomic mass is 9.67. The van der Waals surface area contributed by atoms with Gasteiger partial charge in [0.25, 0.3) is 0 Å². The fourth-order valence-corrected chi connectivity index (χ4v) is 3.23. The molecule has 1 unspecified atom stereocenters. The molecule has 0 aliphatic heterocycles. The summed E-state index contributed by atoms with van der Waals surface area (Å²) in [6, 6.07) is 0.190. The summed E-state index contributed by atoms with van der Waals surface area (Å²) in [6.07, 6.45) is 7.18. The molecule has 2 aliphatic carbocycles. The van der Waals surface area contributed by atoms with Gasteiger partial charge in [0.2, 0.25) is 5.91 Å². The van der Waals surface area contributed by atoms with Crippen LogP contribution in [0.2, 0.25) is 0 Å². The van der Waals surface area contributed by atoms with Gasteiger partial charge in [0, 0.05) is 12.5 Å². The van der Waals surface area contributed by atoms with E-state index in [1.165, 1.54) is 19.3 Å². The highest BCUT2D eigenvalue weighted by molar-refractivity contribution is 5.82. The summed E-state index contributed by atoms with van der Waals surface area (Å²) in [5.41, 5.74) is 0.215. The second-order valence-corrected chi connectivity index (χ2v) is 6.78. The largest absolute Gasteiger partial charge is 0.480 e. The standard InChI is InChI=1S/C15H25NO3/c1-15(2)8-4-3-5-11(15)9-13(17)16(10-14(18)19)12-6-7-12/h11-12H,3-10H2,1-2H3,(H,18,19). The van der Waals surface area contributed by atoms with E-state index in [4.69, 9.17) is 5.11 Å². The summed E-state index contributed by atoms with van der Waals surface area (Å²) in [7, 11) is 0. The highest BCUT2D eigenvalue weighted by atomic mass is 16.4. The molecular weight excluding hydrogens is 242 g/mol. The number of amides is 1. The van der Waals surface area contributed by atoms with E-state index in [2.05, 4.69) is 13.8 Å². The average Bonchev–Trinajstić information content (AvgIpc) is 3.12. The summed E-state index contributed by atoms with van der Waals surface area (Å²) >= 11 is 0. The molecule has 2 rings (SSSR count). The van der Waals surface area contributed by atoms with E-state index in [9.17, 15) is 9.59 Å². The van der Waals surface area contributed by atoms with Crippen molar-refractivity contribution >= 4 is 11.9 Å². The van der Waals surface area contributed by atoms with E-state index in [0.29, 0.717) is 12.3 Å². The van der Waals surface area contributed by atoms with Gasteiger partial charge in [-0.1, -0.05) is 26.7 Å². The lowest BCUT2D eigenvalue weighted by Crippen LogP contribution is -2.40. The highest BCUT2D eigenvalue weighted by Crippen LogP contribution is 2.43. The van der Waals surface area contributed by atoms with Crippen molar-refractivity contribution in [1.82, 2.24) is 4.90 Å². The van der Waals surface area contributed by atoms with Crippen LogP contribution in [0.5, 0.6) is 0 Å². The van der Waals surface area contributed by atoms with Crippen molar-refractivity contribution in [2.24, 2.45) is 11.3 Å². The van der Waals surface area contributed by atoms with Crippen LogP contribution in [0, 0.1) is 11.3 Å². The fraction of sp³-hybridized carbons (Fsp3) is 0.867. The van der Waals surface area contributed by atoms with Crippen LogP contribution >= 0.6 is 0 Å². The van der Waals surface area contributed by atoms with Crippen LogP contribution in [0.25, 0.3) is 0 Å². The van der Waals surface area contributed by atoms with Gasteiger partial charge in [-0.2, -0.15) is 0 Å². The van der Waals surface area contributed by atoms with Crippen LogP contribution < -0.4 is 0 Å². The Hall–Kier alpha value is -1.06. The van der Waals surface area contributed by atoms with Crippen molar-refractivity contribution in [1.29, 1.82) is 0 Å². The quantitative estimate of drug-likeness (QED) is 0.833. The average molecular weight is 267 g/mol. The number of aliphatic carboxylic acids is 1. The SMILES string of the molecule is CC1(C)CCCCC1CC(=O)N(CC(=O)O)C1CC1. The Bertz CT molecular complexity index is 360. The normalized spacial score (nSPS) is 25.9. The third-order valence-corrected chi connectivity index (χ3v) is 4.76. The molecule has 1 amide bonds. The molecule has 4 nitrogen and oxygen atoms in total. The minimum Gasteiger partial charge on any atom is -0.480 e. The van der Waals surface area contributed by atoms with E-state index in [0.717, 1.165) is 19.3 Å². The van der Waals surface area contributed by atoms with Gasteiger partial charge in [0.1, 0.15) is 6.54 Å². The lowest BCUT2D eigenvalue weighted by molar-refractivity contribution is -0.145. The molecule has 0 radical (unpaired) electrons. The van der Waals surface area contributed by atoms with Crippen LogP contribution in [-0.4, -0.2) is 34.5 Å². The summed E-state index contributed by atoms with van der Waals surface area (Å²) in [5, 5.41) is 8.92. The lowest BCUT2D eigenvalue weighted by Gasteiger charge is -2.39. The molecule has 1 atom stereocenters. The van der Waals surface area contributed by atoms with Crippen LogP contribution in [0.4, 0.5) is 0 Å². The number of carboxylic acids is 1. The van der Waals surface area contributed by atoms with Gasteiger partial charge in [-0.15, -0.1) is 0 Å². The van der Waals surface area contributed by atoms with Gasteiger partial charge in [0.15, 0.2) is 0 Å². The topological polar surface area (TPSA) is 57.6 Å². The van der Waals surface area contributed by atoms with Gasteiger partial charge in [-0.25, -0.2) is 0 Å². The number of hydrogen-bond acceptors (Lipinski definition) is 2. The monoisotopic (exact) mass is 267 g/mol. The second-order valence-electron chi connectivity index (χ2n) is 6.78. The minimum absolute atomic E-state index is 0.0462. The van der Waals surface area contributed by atoms with Crippen LogP contribution in [0.15, 0.2) is 0 Å². The van der Waals surface area contributed by atoms with Crippen molar-refractivity contribution in [3.63, 3.8) is 0 Å².